The highest BCUT2D eigenvalue weighted by Crippen LogP contribution is 2.46. The number of anilines is 1. The van der Waals surface area contributed by atoms with Gasteiger partial charge in [-0.25, -0.2) is 15.2 Å². The van der Waals surface area contributed by atoms with Crippen LogP contribution in [0.25, 0.3) is 0 Å². The Kier molecular flexibility index (Phi) is 5.26. The summed E-state index contributed by atoms with van der Waals surface area (Å²) in [5.74, 6) is 1.77. The van der Waals surface area contributed by atoms with E-state index in [2.05, 4.69) is 34.0 Å². The highest BCUT2D eigenvalue weighted by Gasteiger charge is 2.43. The Morgan fingerprint density at radius 1 is 0.935 bits per heavy atom. The van der Waals surface area contributed by atoms with Gasteiger partial charge in [0.1, 0.15) is 17.3 Å². The molecule has 5 rings (SSSR count). The minimum absolute atomic E-state index is 0.0742. The van der Waals surface area contributed by atoms with Gasteiger partial charge in [-0.15, -0.1) is 0 Å². The number of hydrazine groups is 1. The summed E-state index contributed by atoms with van der Waals surface area (Å²) in [5.41, 5.74) is 11.5. The molecule has 3 aromatic carbocycles. The van der Waals surface area contributed by atoms with Crippen LogP contribution in [0.15, 0.2) is 66.7 Å². The molecule has 31 heavy (non-hydrogen) atoms. The second kappa shape index (κ2) is 8.21. The van der Waals surface area contributed by atoms with Crippen LogP contribution in [-0.2, 0) is 6.54 Å². The van der Waals surface area contributed by atoms with E-state index < -0.39 is 0 Å². The number of hydrogen-bond acceptors (Lipinski definition) is 5. The largest absolute Gasteiger partial charge is 0.497 e. The molecular formula is C25H26FN3O2. The van der Waals surface area contributed by atoms with Crippen LogP contribution >= 0.6 is 0 Å². The number of nitrogens with one attached hydrogen (secondary N) is 2. The molecule has 1 fully saturated rings. The summed E-state index contributed by atoms with van der Waals surface area (Å²) in [4.78, 5) is 2.40. The number of benzene rings is 3. The van der Waals surface area contributed by atoms with Crippen molar-refractivity contribution < 1.29 is 13.9 Å². The molecule has 0 aliphatic carbocycles. The lowest BCUT2D eigenvalue weighted by molar-refractivity contribution is 0.388. The standard InChI is InChI=1S/C25H26FN3O2/c1-30-19-11-12-22-20(13-19)25-21(24(27-28-25)16-7-9-18(26)10-8-16)15-29(22)14-17-5-3-4-6-23(17)31-2/h3-13,21,24-25,27-28H,14-15H2,1-2H3. The van der Waals surface area contributed by atoms with Crippen LogP contribution in [0, 0.1) is 11.7 Å². The van der Waals surface area contributed by atoms with Crippen molar-refractivity contribution in [2.75, 3.05) is 25.7 Å². The minimum Gasteiger partial charge on any atom is -0.497 e. The summed E-state index contributed by atoms with van der Waals surface area (Å²) in [6, 6.07) is 21.4. The lowest BCUT2D eigenvalue weighted by atomic mass is 9.82. The first kappa shape index (κ1) is 19.8. The van der Waals surface area contributed by atoms with Gasteiger partial charge in [0.2, 0.25) is 0 Å². The molecular weight excluding hydrogens is 393 g/mol. The SMILES string of the molecule is COc1ccc2c(c1)C1NNC(c3ccc(F)cc3)C1CN2Cc1ccccc1OC. The van der Waals surface area contributed by atoms with Gasteiger partial charge < -0.3 is 14.4 Å². The van der Waals surface area contributed by atoms with Gasteiger partial charge in [-0.1, -0.05) is 30.3 Å². The zero-order valence-corrected chi connectivity index (χ0v) is 17.6. The van der Waals surface area contributed by atoms with E-state index in [0.29, 0.717) is 0 Å². The first-order valence-electron chi connectivity index (χ1n) is 10.5. The number of methoxy groups -OCH3 is 2. The summed E-state index contributed by atoms with van der Waals surface area (Å²) in [6.45, 7) is 1.59. The van der Waals surface area contributed by atoms with Crippen molar-refractivity contribution in [2.45, 2.75) is 18.6 Å². The summed E-state index contributed by atoms with van der Waals surface area (Å²) < 4.78 is 24.6. The zero-order valence-electron chi connectivity index (χ0n) is 17.6. The third kappa shape index (κ3) is 3.62. The third-order valence-electron chi connectivity index (χ3n) is 6.38. The number of halogens is 1. The Bertz CT molecular complexity index is 1070. The Morgan fingerprint density at radius 2 is 1.71 bits per heavy atom. The van der Waals surface area contributed by atoms with E-state index in [-0.39, 0.29) is 23.8 Å². The van der Waals surface area contributed by atoms with Gasteiger partial charge in [-0.2, -0.15) is 0 Å². The summed E-state index contributed by atoms with van der Waals surface area (Å²) in [6.07, 6.45) is 0. The minimum atomic E-state index is -0.220. The zero-order chi connectivity index (χ0) is 21.4. The predicted octanol–water partition coefficient (Wildman–Crippen LogP) is 4.37. The molecule has 1 saturated heterocycles. The number of fused-ring (bicyclic) bond motifs is 3. The molecule has 2 heterocycles. The van der Waals surface area contributed by atoms with E-state index >= 15 is 0 Å². The van der Waals surface area contributed by atoms with Gasteiger partial charge in [-0.3, -0.25) is 0 Å². The van der Waals surface area contributed by atoms with E-state index in [1.807, 2.05) is 36.4 Å². The fourth-order valence-electron chi connectivity index (χ4n) is 4.84. The quantitative estimate of drug-likeness (QED) is 0.643. The predicted molar refractivity (Wildman–Crippen MR) is 119 cm³/mol. The van der Waals surface area contributed by atoms with Crippen molar-refractivity contribution in [1.82, 2.24) is 10.9 Å². The normalized spacial score (nSPS) is 22.0. The van der Waals surface area contributed by atoms with Crippen molar-refractivity contribution >= 4 is 5.69 Å². The van der Waals surface area contributed by atoms with Crippen LogP contribution < -0.4 is 25.2 Å². The van der Waals surface area contributed by atoms with Crippen LogP contribution in [0.1, 0.15) is 28.8 Å². The first-order valence-corrected chi connectivity index (χ1v) is 10.5. The molecule has 0 spiro atoms. The van der Waals surface area contributed by atoms with Crippen molar-refractivity contribution in [3.8, 4) is 11.5 Å². The second-order valence-electron chi connectivity index (χ2n) is 8.08. The highest BCUT2D eigenvalue weighted by molar-refractivity contribution is 5.61. The number of hydrogen-bond donors (Lipinski definition) is 2. The molecule has 0 amide bonds. The average Bonchev–Trinajstić information content (AvgIpc) is 3.23. The number of nitrogens with zero attached hydrogens (tertiary/aromatic N) is 1. The molecule has 5 nitrogen and oxygen atoms in total. The lowest BCUT2D eigenvalue weighted by Crippen LogP contribution is -2.39. The fraction of sp³-hybridized carbons (Fsp3) is 0.280. The average molecular weight is 420 g/mol. The third-order valence-corrected chi connectivity index (χ3v) is 6.38. The Balaban J connectivity index is 1.53. The van der Waals surface area contributed by atoms with Crippen LogP contribution in [0.4, 0.5) is 10.1 Å². The Morgan fingerprint density at radius 3 is 2.48 bits per heavy atom. The molecule has 3 unspecified atom stereocenters. The van der Waals surface area contributed by atoms with Crippen LogP contribution in [0.3, 0.4) is 0 Å². The van der Waals surface area contributed by atoms with Gasteiger partial charge in [0.15, 0.2) is 0 Å². The van der Waals surface area contributed by atoms with E-state index in [1.165, 1.54) is 23.4 Å². The maximum Gasteiger partial charge on any atom is 0.123 e. The molecule has 0 bridgehead atoms. The number of para-hydroxylation sites is 1. The number of ether oxygens (including phenoxy) is 2. The van der Waals surface area contributed by atoms with Crippen LogP contribution in [0.5, 0.6) is 11.5 Å². The number of rotatable bonds is 5. The van der Waals surface area contributed by atoms with Crippen molar-refractivity contribution in [1.29, 1.82) is 0 Å². The maximum atomic E-state index is 13.5. The molecule has 3 atom stereocenters. The van der Waals surface area contributed by atoms with Crippen LogP contribution in [-0.4, -0.2) is 20.8 Å². The van der Waals surface area contributed by atoms with E-state index in [4.69, 9.17) is 9.47 Å². The van der Waals surface area contributed by atoms with Crippen LogP contribution in [0.2, 0.25) is 0 Å². The topological polar surface area (TPSA) is 45.8 Å². The van der Waals surface area contributed by atoms with E-state index in [9.17, 15) is 4.39 Å². The molecule has 0 aromatic heterocycles. The maximum absolute atomic E-state index is 13.5. The van der Waals surface area contributed by atoms with Gasteiger partial charge in [0, 0.05) is 30.3 Å². The van der Waals surface area contributed by atoms with Crippen molar-refractivity contribution in [3.63, 3.8) is 0 Å². The molecule has 2 aliphatic heterocycles. The first-order chi connectivity index (χ1) is 15.2. The lowest BCUT2D eigenvalue weighted by Gasteiger charge is -2.39. The van der Waals surface area contributed by atoms with E-state index in [1.54, 1.807) is 14.2 Å². The van der Waals surface area contributed by atoms with Gasteiger partial charge >= 0.3 is 0 Å². The Hall–Kier alpha value is -3.09. The monoisotopic (exact) mass is 419 g/mol. The second-order valence-corrected chi connectivity index (χ2v) is 8.08. The summed E-state index contributed by atoms with van der Waals surface area (Å²) in [7, 11) is 3.40. The molecule has 0 saturated carbocycles. The van der Waals surface area contributed by atoms with Gasteiger partial charge in [0.05, 0.1) is 26.3 Å². The highest BCUT2D eigenvalue weighted by atomic mass is 19.1. The van der Waals surface area contributed by atoms with Gasteiger partial charge in [-0.05, 0) is 47.5 Å². The smallest absolute Gasteiger partial charge is 0.123 e. The Labute approximate surface area is 181 Å². The van der Waals surface area contributed by atoms with Crippen molar-refractivity contribution in [3.05, 3.63) is 89.2 Å². The van der Waals surface area contributed by atoms with Crippen molar-refractivity contribution in [2.24, 2.45) is 5.92 Å². The molecule has 0 radical (unpaired) electrons. The fourth-order valence-corrected chi connectivity index (χ4v) is 4.84. The molecule has 3 aromatic rings. The summed E-state index contributed by atoms with van der Waals surface area (Å²) in [5, 5.41) is 0. The molecule has 160 valence electrons. The van der Waals surface area contributed by atoms with Gasteiger partial charge in [0.25, 0.3) is 0 Å². The molecule has 6 heteroatoms. The molecule has 2 N–H and O–H groups in total. The summed E-state index contributed by atoms with van der Waals surface area (Å²) >= 11 is 0. The molecule has 2 aliphatic rings. The van der Waals surface area contributed by atoms with E-state index in [0.717, 1.165) is 35.7 Å².